The van der Waals surface area contributed by atoms with Gasteiger partial charge >= 0.3 is 0 Å². The van der Waals surface area contributed by atoms with E-state index in [9.17, 15) is 13.2 Å². The van der Waals surface area contributed by atoms with Crippen LogP contribution in [-0.2, 0) is 14.6 Å². The Bertz CT molecular complexity index is 361. The summed E-state index contributed by atoms with van der Waals surface area (Å²) < 4.78 is 23.4. The Kier molecular flexibility index (Phi) is 4.94. The number of carbonyl (C=O) groups excluding carboxylic acids is 1. The zero-order valence-corrected chi connectivity index (χ0v) is 11.4. The van der Waals surface area contributed by atoms with Gasteiger partial charge < -0.3 is 10.6 Å². The summed E-state index contributed by atoms with van der Waals surface area (Å²) in [4.78, 5) is 13.5. The number of hydrogen-bond donors (Lipinski definition) is 1. The van der Waals surface area contributed by atoms with Crippen molar-refractivity contribution in [2.75, 3.05) is 18.1 Å². The highest BCUT2D eigenvalue weighted by molar-refractivity contribution is 7.92. The Labute approximate surface area is 103 Å². The van der Waals surface area contributed by atoms with Crippen LogP contribution in [0.15, 0.2) is 0 Å². The fraction of sp³-hybridized carbons (Fsp3) is 0.909. The Morgan fingerprint density at radius 2 is 2.06 bits per heavy atom. The summed E-state index contributed by atoms with van der Waals surface area (Å²) in [5, 5.41) is 0. The van der Waals surface area contributed by atoms with Gasteiger partial charge in [-0.1, -0.05) is 0 Å². The Balaban J connectivity index is 2.48. The van der Waals surface area contributed by atoms with Gasteiger partial charge in [-0.3, -0.25) is 4.79 Å². The molecule has 0 heterocycles. The van der Waals surface area contributed by atoms with E-state index < -0.39 is 9.84 Å². The summed E-state index contributed by atoms with van der Waals surface area (Å²) in [6, 6.07) is 0.127. The first-order chi connectivity index (χ1) is 7.85. The van der Waals surface area contributed by atoms with E-state index in [1.807, 2.05) is 6.92 Å². The van der Waals surface area contributed by atoms with Crippen molar-refractivity contribution >= 4 is 15.7 Å². The third kappa shape index (κ3) is 5.04. The monoisotopic (exact) mass is 262 g/mol. The molecule has 1 fully saturated rings. The van der Waals surface area contributed by atoms with E-state index in [4.69, 9.17) is 5.73 Å². The third-order valence-electron chi connectivity index (χ3n) is 2.88. The lowest BCUT2D eigenvalue weighted by Gasteiger charge is -2.20. The van der Waals surface area contributed by atoms with E-state index >= 15 is 0 Å². The molecule has 1 atom stereocenters. The van der Waals surface area contributed by atoms with Crippen LogP contribution in [0.4, 0.5) is 0 Å². The minimum Gasteiger partial charge on any atom is -0.339 e. The van der Waals surface area contributed by atoms with Crippen LogP contribution in [0.2, 0.25) is 0 Å². The zero-order chi connectivity index (χ0) is 13.1. The molecule has 0 spiro atoms. The number of amides is 1. The maximum atomic E-state index is 11.8. The summed E-state index contributed by atoms with van der Waals surface area (Å²) >= 11 is 0. The van der Waals surface area contributed by atoms with Crippen LogP contribution >= 0.6 is 0 Å². The molecule has 2 N–H and O–H groups in total. The minimum absolute atomic E-state index is 0.00136. The SMILES string of the molecule is CCN(C(=O)CS(=O)(=O)CCC(C)N)C1CC1. The first-order valence-electron chi connectivity index (χ1n) is 6.11. The van der Waals surface area contributed by atoms with Crippen LogP contribution in [-0.4, -0.2) is 49.4 Å². The number of carbonyl (C=O) groups is 1. The highest BCUT2D eigenvalue weighted by atomic mass is 32.2. The lowest BCUT2D eigenvalue weighted by Crippen LogP contribution is -2.38. The summed E-state index contributed by atoms with van der Waals surface area (Å²) in [6.45, 7) is 4.23. The standard InChI is InChI=1S/C11H22N2O3S/c1-3-13(10-4-5-10)11(14)8-17(15,16)7-6-9(2)12/h9-10H,3-8,12H2,1-2H3. The van der Waals surface area contributed by atoms with Crippen LogP contribution in [0.1, 0.15) is 33.1 Å². The predicted molar refractivity (Wildman–Crippen MR) is 67.3 cm³/mol. The average Bonchev–Trinajstić information content (AvgIpc) is 2.99. The highest BCUT2D eigenvalue weighted by Crippen LogP contribution is 2.26. The molecule has 1 unspecified atom stereocenters. The number of nitrogens with two attached hydrogens (primary N) is 1. The van der Waals surface area contributed by atoms with Crippen molar-refractivity contribution in [1.29, 1.82) is 0 Å². The number of nitrogens with zero attached hydrogens (tertiary/aromatic N) is 1. The van der Waals surface area contributed by atoms with Crippen molar-refractivity contribution in [2.45, 2.75) is 45.2 Å². The van der Waals surface area contributed by atoms with Crippen molar-refractivity contribution < 1.29 is 13.2 Å². The second kappa shape index (κ2) is 5.82. The zero-order valence-electron chi connectivity index (χ0n) is 10.6. The van der Waals surface area contributed by atoms with Crippen molar-refractivity contribution in [3.05, 3.63) is 0 Å². The first kappa shape index (κ1) is 14.4. The molecule has 0 aromatic carbocycles. The minimum atomic E-state index is -3.31. The van der Waals surface area contributed by atoms with E-state index in [1.165, 1.54) is 0 Å². The molecule has 0 aromatic heterocycles. The molecule has 0 radical (unpaired) electrons. The molecule has 0 bridgehead atoms. The molecule has 1 saturated carbocycles. The molecule has 6 heteroatoms. The van der Waals surface area contributed by atoms with Crippen LogP contribution in [0.25, 0.3) is 0 Å². The fourth-order valence-corrected chi connectivity index (χ4v) is 3.15. The molecule has 0 aliphatic heterocycles. The van der Waals surface area contributed by atoms with Gasteiger partial charge in [0, 0.05) is 18.6 Å². The first-order valence-corrected chi connectivity index (χ1v) is 7.93. The fourth-order valence-electron chi connectivity index (χ4n) is 1.73. The average molecular weight is 262 g/mol. The molecule has 1 amide bonds. The van der Waals surface area contributed by atoms with Crippen LogP contribution in [0.3, 0.4) is 0 Å². The molecule has 1 rings (SSSR count). The van der Waals surface area contributed by atoms with Crippen molar-refractivity contribution in [1.82, 2.24) is 4.90 Å². The van der Waals surface area contributed by atoms with Crippen molar-refractivity contribution in [2.24, 2.45) is 5.73 Å². The van der Waals surface area contributed by atoms with Gasteiger partial charge in [-0.05, 0) is 33.1 Å². The predicted octanol–water partition coefficient (Wildman–Crippen LogP) is 0.149. The quantitative estimate of drug-likeness (QED) is 0.708. The van der Waals surface area contributed by atoms with Gasteiger partial charge in [0.2, 0.25) is 5.91 Å². The Morgan fingerprint density at radius 3 is 2.47 bits per heavy atom. The number of sulfone groups is 1. The summed E-state index contributed by atoms with van der Waals surface area (Å²) in [7, 11) is -3.31. The Hall–Kier alpha value is -0.620. The molecule has 1 aliphatic carbocycles. The van der Waals surface area contributed by atoms with Crippen molar-refractivity contribution in [3.8, 4) is 0 Å². The highest BCUT2D eigenvalue weighted by Gasteiger charge is 2.33. The summed E-state index contributed by atoms with van der Waals surface area (Å²) in [6.07, 6.45) is 2.41. The van der Waals surface area contributed by atoms with Gasteiger partial charge in [0.1, 0.15) is 5.75 Å². The van der Waals surface area contributed by atoms with Gasteiger partial charge in [0.15, 0.2) is 9.84 Å². The smallest absolute Gasteiger partial charge is 0.238 e. The normalized spacial score (nSPS) is 17.8. The summed E-state index contributed by atoms with van der Waals surface area (Å²) in [5.41, 5.74) is 5.51. The van der Waals surface area contributed by atoms with Gasteiger partial charge in [-0.25, -0.2) is 8.42 Å². The molecular weight excluding hydrogens is 240 g/mol. The van der Waals surface area contributed by atoms with Crippen molar-refractivity contribution in [3.63, 3.8) is 0 Å². The maximum Gasteiger partial charge on any atom is 0.238 e. The lowest BCUT2D eigenvalue weighted by atomic mass is 10.3. The van der Waals surface area contributed by atoms with Crippen LogP contribution in [0.5, 0.6) is 0 Å². The summed E-state index contributed by atoms with van der Waals surface area (Å²) in [5.74, 6) is -0.637. The van der Waals surface area contributed by atoms with Gasteiger partial charge in [0.25, 0.3) is 0 Å². The van der Waals surface area contributed by atoms with E-state index in [0.717, 1.165) is 12.8 Å². The largest absolute Gasteiger partial charge is 0.339 e. The van der Waals surface area contributed by atoms with Crippen LogP contribution < -0.4 is 5.73 Å². The van der Waals surface area contributed by atoms with E-state index in [2.05, 4.69) is 0 Å². The maximum absolute atomic E-state index is 11.8. The Morgan fingerprint density at radius 1 is 1.47 bits per heavy atom. The second-order valence-corrected chi connectivity index (χ2v) is 6.95. The number of hydrogen-bond acceptors (Lipinski definition) is 4. The van der Waals surface area contributed by atoms with E-state index in [0.29, 0.717) is 13.0 Å². The molecule has 0 aromatic rings. The molecule has 17 heavy (non-hydrogen) atoms. The molecular formula is C11H22N2O3S. The second-order valence-electron chi connectivity index (χ2n) is 4.77. The number of rotatable bonds is 7. The van der Waals surface area contributed by atoms with Gasteiger partial charge in [-0.15, -0.1) is 0 Å². The van der Waals surface area contributed by atoms with E-state index in [-0.39, 0.29) is 29.5 Å². The molecule has 0 saturated heterocycles. The van der Waals surface area contributed by atoms with Gasteiger partial charge in [-0.2, -0.15) is 0 Å². The topological polar surface area (TPSA) is 80.5 Å². The lowest BCUT2D eigenvalue weighted by molar-refractivity contribution is -0.128. The molecule has 5 nitrogen and oxygen atoms in total. The van der Waals surface area contributed by atoms with Gasteiger partial charge in [0.05, 0.1) is 5.75 Å². The van der Waals surface area contributed by atoms with Crippen LogP contribution in [0, 0.1) is 0 Å². The third-order valence-corrected chi connectivity index (χ3v) is 4.42. The molecule has 100 valence electrons. The molecule has 1 aliphatic rings. The van der Waals surface area contributed by atoms with E-state index in [1.54, 1.807) is 11.8 Å².